The van der Waals surface area contributed by atoms with Crippen molar-refractivity contribution in [2.75, 3.05) is 0 Å². The molecule has 0 aliphatic heterocycles. The maximum absolute atomic E-state index is 4.39. The van der Waals surface area contributed by atoms with Crippen LogP contribution in [0.3, 0.4) is 0 Å². The van der Waals surface area contributed by atoms with E-state index in [1.165, 1.54) is 0 Å². The number of hydrogen-bond acceptors (Lipinski definition) is 2. The topological polar surface area (TPSA) is 25.8 Å². The number of aryl methyl sites for hydroxylation is 2. The molecule has 1 aromatic rings. The van der Waals surface area contributed by atoms with Gasteiger partial charge in [-0.05, 0) is 44.0 Å². The zero-order valence-electron chi connectivity index (χ0n) is 10.6. The Kier molecular flexibility index (Phi) is 5.08. The van der Waals surface area contributed by atoms with Crippen LogP contribution in [0.1, 0.15) is 22.5 Å². The third-order valence-corrected chi connectivity index (χ3v) is 2.49. The monoisotopic (exact) mass is 226 g/mol. The van der Waals surface area contributed by atoms with Crippen LogP contribution in [0.25, 0.3) is 6.08 Å². The van der Waals surface area contributed by atoms with Gasteiger partial charge in [0.15, 0.2) is 0 Å². The summed E-state index contributed by atoms with van der Waals surface area (Å²) in [5.41, 5.74) is 4.11. The number of nitrogens with zero attached hydrogens (tertiary/aromatic N) is 2. The summed E-state index contributed by atoms with van der Waals surface area (Å²) in [5.74, 6) is 0. The van der Waals surface area contributed by atoms with E-state index in [-0.39, 0.29) is 0 Å². The number of hydrogen-bond donors (Lipinski definition) is 0. The van der Waals surface area contributed by atoms with Crippen molar-refractivity contribution in [2.45, 2.75) is 20.8 Å². The van der Waals surface area contributed by atoms with Crippen molar-refractivity contribution in [1.82, 2.24) is 9.97 Å². The van der Waals surface area contributed by atoms with Gasteiger partial charge < -0.3 is 0 Å². The molecule has 1 heterocycles. The molecule has 0 aliphatic rings. The minimum absolute atomic E-state index is 0.952. The normalized spacial score (nSPS) is 10.1. The van der Waals surface area contributed by atoms with Crippen molar-refractivity contribution < 1.29 is 0 Å². The molecule has 1 aromatic heterocycles. The fourth-order valence-electron chi connectivity index (χ4n) is 1.29. The van der Waals surface area contributed by atoms with E-state index in [9.17, 15) is 0 Å². The van der Waals surface area contributed by atoms with Crippen molar-refractivity contribution >= 4 is 6.08 Å². The molecule has 0 bridgehead atoms. The quantitative estimate of drug-likeness (QED) is 0.718. The van der Waals surface area contributed by atoms with E-state index < -0.39 is 0 Å². The maximum Gasteiger partial charge on any atom is 0.0408 e. The largest absolute Gasteiger partial charge is 0.261 e. The Hall–Kier alpha value is -1.96. The first kappa shape index (κ1) is 13.1. The summed E-state index contributed by atoms with van der Waals surface area (Å²) < 4.78 is 0. The number of allylic oxidation sites excluding steroid dienone is 2. The Morgan fingerprint density at radius 1 is 1.18 bits per heavy atom. The van der Waals surface area contributed by atoms with Crippen LogP contribution in [-0.2, 0) is 0 Å². The molecular formula is C15H18N2. The standard InChI is InChI=1S/C15H18N2/c1-5-6-9-15-11-17-12(2)8-7-10-16-14(4)13(15)3/h5-11H,1H2,2-4H3/b8-7?,9-6-,10-7?,12-8?,14-13?,15-11?,15-13?,16-10?,16-14?,17-11?,17-12?. The van der Waals surface area contributed by atoms with E-state index in [0.29, 0.717) is 0 Å². The van der Waals surface area contributed by atoms with E-state index in [1.54, 1.807) is 12.3 Å². The van der Waals surface area contributed by atoms with E-state index in [2.05, 4.69) is 16.5 Å². The molecule has 0 radical (unpaired) electrons. The molecule has 0 saturated carbocycles. The molecule has 0 spiro atoms. The van der Waals surface area contributed by atoms with E-state index in [0.717, 1.165) is 22.5 Å². The van der Waals surface area contributed by atoms with E-state index in [4.69, 9.17) is 0 Å². The minimum Gasteiger partial charge on any atom is -0.261 e. The van der Waals surface area contributed by atoms with Crippen molar-refractivity contribution in [3.63, 3.8) is 0 Å². The van der Waals surface area contributed by atoms with Crippen LogP contribution in [0.2, 0.25) is 0 Å². The third kappa shape index (κ3) is 4.19. The van der Waals surface area contributed by atoms with Gasteiger partial charge in [0.2, 0.25) is 0 Å². The van der Waals surface area contributed by atoms with Crippen molar-refractivity contribution in [1.29, 1.82) is 0 Å². The summed E-state index contributed by atoms with van der Waals surface area (Å²) in [6.07, 6.45) is 9.29. The summed E-state index contributed by atoms with van der Waals surface area (Å²) >= 11 is 0. The van der Waals surface area contributed by atoms with Crippen LogP contribution in [0.15, 0.2) is 43.3 Å². The van der Waals surface area contributed by atoms with E-state index in [1.807, 2.05) is 51.3 Å². The van der Waals surface area contributed by atoms with Crippen LogP contribution in [-0.4, -0.2) is 9.97 Å². The molecule has 0 saturated heterocycles. The number of rotatable bonds is 2. The van der Waals surface area contributed by atoms with Gasteiger partial charge >= 0.3 is 0 Å². The van der Waals surface area contributed by atoms with Crippen molar-refractivity contribution in [2.24, 2.45) is 0 Å². The lowest BCUT2D eigenvalue weighted by atomic mass is 10.1. The molecule has 0 unspecified atom stereocenters. The highest BCUT2D eigenvalue weighted by Gasteiger charge is 1.94. The predicted molar refractivity (Wildman–Crippen MR) is 73.1 cm³/mol. The molecule has 2 heteroatoms. The van der Waals surface area contributed by atoms with Gasteiger partial charge in [-0.15, -0.1) is 0 Å². The van der Waals surface area contributed by atoms with Gasteiger partial charge in [0.1, 0.15) is 0 Å². The summed E-state index contributed by atoms with van der Waals surface area (Å²) in [6.45, 7) is 9.67. The summed E-state index contributed by atoms with van der Waals surface area (Å²) in [7, 11) is 0. The summed E-state index contributed by atoms with van der Waals surface area (Å²) in [6, 6.07) is 3.83. The van der Waals surface area contributed by atoms with Crippen LogP contribution < -0.4 is 0 Å². The first-order valence-electron chi connectivity index (χ1n) is 5.57. The molecule has 0 atom stereocenters. The fourth-order valence-corrected chi connectivity index (χ4v) is 1.29. The highest BCUT2D eigenvalue weighted by atomic mass is 14.7. The van der Waals surface area contributed by atoms with Gasteiger partial charge in [-0.3, -0.25) is 9.97 Å². The second-order valence-electron chi connectivity index (χ2n) is 3.80. The van der Waals surface area contributed by atoms with Gasteiger partial charge in [-0.25, -0.2) is 0 Å². The number of aromatic nitrogens is 2. The molecule has 0 N–H and O–H groups in total. The van der Waals surface area contributed by atoms with Crippen LogP contribution >= 0.6 is 0 Å². The summed E-state index contributed by atoms with van der Waals surface area (Å²) in [4.78, 5) is 8.76. The van der Waals surface area contributed by atoms with Gasteiger partial charge in [-0.2, -0.15) is 0 Å². The fraction of sp³-hybridized carbons (Fsp3) is 0.200. The highest BCUT2D eigenvalue weighted by molar-refractivity contribution is 5.53. The molecule has 88 valence electrons. The maximum atomic E-state index is 4.39. The van der Waals surface area contributed by atoms with Crippen molar-refractivity contribution in [3.8, 4) is 0 Å². The lowest BCUT2D eigenvalue weighted by Gasteiger charge is -1.99. The second kappa shape index (κ2) is 6.59. The van der Waals surface area contributed by atoms with E-state index >= 15 is 0 Å². The molecule has 0 fully saturated rings. The van der Waals surface area contributed by atoms with Gasteiger partial charge in [-0.1, -0.05) is 24.8 Å². The van der Waals surface area contributed by atoms with Crippen LogP contribution in [0.4, 0.5) is 0 Å². The Morgan fingerprint density at radius 2 is 1.94 bits per heavy atom. The zero-order chi connectivity index (χ0) is 12.7. The Bertz CT molecular complexity index is 486. The van der Waals surface area contributed by atoms with Gasteiger partial charge in [0.25, 0.3) is 0 Å². The second-order valence-corrected chi connectivity index (χ2v) is 3.80. The molecular weight excluding hydrogens is 208 g/mol. The zero-order valence-corrected chi connectivity index (χ0v) is 10.6. The Morgan fingerprint density at radius 3 is 2.65 bits per heavy atom. The lowest BCUT2D eigenvalue weighted by Crippen LogP contribution is -1.87. The molecule has 2 nitrogen and oxygen atoms in total. The summed E-state index contributed by atoms with van der Waals surface area (Å²) in [5, 5.41) is 0. The molecule has 1 rings (SSSR count). The first-order chi connectivity index (χ1) is 8.15. The minimum atomic E-state index is 0.952. The first-order valence-corrected chi connectivity index (χ1v) is 5.57. The molecule has 0 amide bonds. The Labute approximate surface area is 103 Å². The van der Waals surface area contributed by atoms with Crippen LogP contribution in [0, 0.1) is 20.8 Å². The Balaban J connectivity index is 3.50. The molecule has 0 aromatic carbocycles. The average molecular weight is 226 g/mol. The SMILES string of the molecule is C=C/C=C\c1cnc(C)cccnc(C)c1C. The molecule has 0 aliphatic carbocycles. The highest BCUT2D eigenvalue weighted by Crippen LogP contribution is 2.09. The third-order valence-electron chi connectivity index (χ3n) is 2.49. The smallest absolute Gasteiger partial charge is 0.0408 e. The van der Waals surface area contributed by atoms with Crippen molar-refractivity contribution in [3.05, 3.63) is 65.8 Å². The molecule has 17 heavy (non-hydrogen) atoms. The van der Waals surface area contributed by atoms with Crippen LogP contribution in [0.5, 0.6) is 0 Å². The lowest BCUT2D eigenvalue weighted by molar-refractivity contribution is 1.14. The van der Waals surface area contributed by atoms with Gasteiger partial charge in [0.05, 0.1) is 0 Å². The predicted octanol–water partition coefficient (Wildman–Crippen LogP) is 3.73. The average Bonchev–Trinajstić information content (AvgIpc) is 2.33. The van der Waals surface area contributed by atoms with Gasteiger partial charge in [0, 0.05) is 23.8 Å².